The van der Waals surface area contributed by atoms with Crippen molar-refractivity contribution in [2.24, 2.45) is 0 Å². The molecule has 9 heterocycles. The highest BCUT2D eigenvalue weighted by Gasteiger charge is 2.41. The molecule has 1 saturated heterocycles. The predicted molar refractivity (Wildman–Crippen MR) is 488 cm³/mol. The lowest BCUT2D eigenvalue weighted by atomic mass is 10.0. The SMILES string of the molecule is CCOC(=O)c1nn(-c2ccc(OC)cc2)c2c1CCN(c1ccc(N)cc1)C2=O.CCOC(=O)c1nn(-c2ccc(OC)cc2)c2c1CCN(c1ccc(N3CCCCC3=O)cc1)C2=O.CCOC(=O)c1nn(-c2ccc(OC)cc2)c2c1CCN(c1ccc(NC(=O)CCl)cc1)C2=O.CCOC(=O)c1nn(-c2ccc(OC)cc2)c2c1CCN(c1ccc([N+](=O)[O-])cc1)C2=O. The van der Waals surface area contributed by atoms with Crippen molar-refractivity contribution in [1.29, 1.82) is 0 Å². The summed E-state index contributed by atoms with van der Waals surface area (Å²) in [5.41, 5.74) is 16.9. The minimum atomic E-state index is -0.590. The van der Waals surface area contributed by atoms with Crippen molar-refractivity contribution in [2.75, 3.05) is 129 Å². The highest BCUT2D eigenvalue weighted by molar-refractivity contribution is 6.29. The molecule has 0 spiro atoms. The molecule has 0 aliphatic carbocycles. The van der Waals surface area contributed by atoms with Crippen LogP contribution in [0.25, 0.3) is 22.7 Å². The largest absolute Gasteiger partial charge is 0.497 e. The van der Waals surface area contributed by atoms with Crippen molar-refractivity contribution in [1.82, 2.24) is 39.1 Å². The van der Waals surface area contributed by atoms with E-state index >= 15 is 0 Å². The number of halogens is 1. The van der Waals surface area contributed by atoms with Gasteiger partial charge in [-0.3, -0.25) is 38.9 Å². The van der Waals surface area contributed by atoms with Gasteiger partial charge in [-0.2, -0.15) is 20.4 Å². The predicted octanol–water partition coefficient (Wildman–Crippen LogP) is 13.2. The number of anilines is 7. The van der Waals surface area contributed by atoms with Crippen LogP contribution in [-0.2, 0) is 54.2 Å². The van der Waals surface area contributed by atoms with Crippen molar-refractivity contribution in [3.05, 3.63) is 272 Å². The number of methoxy groups -OCH3 is 4. The fourth-order valence-electron chi connectivity index (χ4n) is 15.7. The van der Waals surface area contributed by atoms with Gasteiger partial charge in [0.05, 0.1) is 82.5 Å². The topological polar surface area (TPSA) is 413 Å². The number of ether oxygens (including phenoxy) is 8. The Morgan fingerprint density at radius 2 is 0.621 bits per heavy atom. The van der Waals surface area contributed by atoms with E-state index in [0.717, 1.165) is 29.9 Å². The molecule has 5 aliphatic heterocycles. The van der Waals surface area contributed by atoms with Gasteiger partial charge in [0.15, 0.2) is 22.8 Å². The number of benzene rings is 8. The number of esters is 4. The Bertz CT molecular complexity index is 6320. The summed E-state index contributed by atoms with van der Waals surface area (Å²) >= 11 is 5.54. The number of alkyl halides is 1. The molecule has 37 heteroatoms. The smallest absolute Gasteiger partial charge is 0.359 e. The first-order chi connectivity index (χ1) is 63.9. The average Bonchev–Trinajstić information content (AvgIpc) is 1.61. The Morgan fingerprint density at radius 1 is 0.364 bits per heavy atom. The number of nitrogens with one attached hydrogen (secondary N) is 1. The van der Waals surface area contributed by atoms with Crippen molar-refractivity contribution in [3.8, 4) is 45.7 Å². The number of carbonyl (C=O) groups is 10. The number of amides is 6. The van der Waals surface area contributed by atoms with E-state index in [-0.39, 0.29) is 102 Å². The summed E-state index contributed by atoms with van der Waals surface area (Å²) in [5.74, 6) is -1.06. The summed E-state index contributed by atoms with van der Waals surface area (Å²) in [6, 6.07) is 55.5. The Labute approximate surface area is 761 Å². The van der Waals surface area contributed by atoms with Gasteiger partial charge in [-0.1, -0.05) is 0 Å². The maximum absolute atomic E-state index is 13.8. The number of hydrogen-bond donors (Lipinski definition) is 2. The van der Waals surface area contributed by atoms with Crippen molar-refractivity contribution < 1.29 is 90.8 Å². The molecule has 8 aromatic carbocycles. The van der Waals surface area contributed by atoms with Crippen LogP contribution in [0.2, 0.25) is 0 Å². The molecular weight excluding hydrogens is 1720 g/mol. The number of fused-ring (bicyclic) bond motifs is 4. The lowest BCUT2D eigenvalue weighted by Crippen LogP contribution is -2.39. The number of nitro groups is 1. The Morgan fingerprint density at radius 3 is 0.879 bits per heavy atom. The first kappa shape index (κ1) is 92.2. The van der Waals surface area contributed by atoms with Crippen LogP contribution in [0.5, 0.6) is 23.0 Å². The standard InChI is InChI=1S/C27H28N4O5.C24H23ClN4O5.C22H20N4O6.C22H22N4O4/c1-3-36-27(34)24-22-15-17-30(19-9-7-18(8-10-19)29-16-5-4-6-23(29)32)26(33)25(22)31(28-24)20-11-13-21(35-2)14-12-20;1-3-34-24(32)21-19-12-13-28(16-6-4-15(5-7-16)26-20(30)14-25)23(31)22(19)29(27-21)17-8-10-18(33-2)11-9-17;1-3-32-22(28)19-18-12-13-24(14-4-6-16(7-5-14)26(29)30)21(27)20(18)25(23-19)15-8-10-17(31-2)11-9-15;1-3-30-22(28)19-18-12-13-25(15-6-4-14(23)5-7-15)21(27)20(18)26(24-19)16-8-10-17(29-2)11-9-16/h7-14H,3-6,15-17H2,1-2H3;4-11H,3,12-14H2,1-2H3,(H,26,30);4-11H,3,12-13H2,1-2H3;4-11H,3,12-13,23H2,1-2H3. The van der Waals surface area contributed by atoms with Crippen LogP contribution < -0.4 is 54.5 Å². The maximum Gasteiger partial charge on any atom is 0.359 e. The quantitative estimate of drug-likeness (QED) is 0.0142. The summed E-state index contributed by atoms with van der Waals surface area (Å²) in [4.78, 5) is 147. The first-order valence-electron chi connectivity index (χ1n) is 42.4. The van der Waals surface area contributed by atoms with Gasteiger partial charge >= 0.3 is 23.9 Å². The van der Waals surface area contributed by atoms with Gasteiger partial charge in [0, 0.05) is 113 Å². The number of nitrogens with two attached hydrogens (primary N) is 1. The van der Waals surface area contributed by atoms with Gasteiger partial charge in [-0.15, -0.1) is 11.6 Å². The number of aromatic nitrogens is 8. The molecule has 3 N–H and O–H groups in total. The third-order valence-electron chi connectivity index (χ3n) is 22.2. The van der Waals surface area contributed by atoms with Gasteiger partial charge in [0.1, 0.15) is 51.7 Å². The molecule has 0 unspecified atom stereocenters. The highest BCUT2D eigenvalue weighted by atomic mass is 35.5. The molecule has 5 aliphatic rings. The zero-order valence-corrected chi connectivity index (χ0v) is 74.1. The number of nitro benzene ring substituents is 1. The molecule has 17 rings (SSSR count). The molecule has 0 saturated carbocycles. The van der Waals surface area contributed by atoms with Gasteiger partial charge in [-0.05, 0) is 248 Å². The number of nitrogen functional groups attached to an aromatic ring is 1. The van der Waals surface area contributed by atoms with Crippen LogP contribution in [-0.4, -0.2) is 197 Å². The number of nitrogens with zero attached hydrogens (tertiary/aromatic N) is 14. The molecule has 0 atom stereocenters. The molecule has 0 bridgehead atoms. The van der Waals surface area contributed by atoms with E-state index in [1.165, 1.54) is 47.9 Å². The van der Waals surface area contributed by atoms with Crippen LogP contribution >= 0.6 is 11.6 Å². The zero-order chi connectivity index (χ0) is 93.6. The average molecular weight is 1810 g/mol. The molecule has 6 amide bonds. The molecule has 132 heavy (non-hydrogen) atoms. The third-order valence-corrected chi connectivity index (χ3v) is 22.4. The van der Waals surface area contributed by atoms with E-state index < -0.39 is 28.8 Å². The van der Waals surface area contributed by atoms with Crippen LogP contribution in [0.3, 0.4) is 0 Å². The van der Waals surface area contributed by atoms with Crippen LogP contribution in [0, 0.1) is 10.1 Å². The van der Waals surface area contributed by atoms with E-state index in [1.54, 1.807) is 221 Å². The molecule has 4 aromatic heterocycles. The Kier molecular flexibility index (Phi) is 28.9. The Balaban J connectivity index is 0.000000142. The lowest BCUT2D eigenvalue weighted by Gasteiger charge is -2.29. The first-order valence-corrected chi connectivity index (χ1v) is 43.0. The fourth-order valence-corrected chi connectivity index (χ4v) is 15.8. The number of hydrogen-bond acceptors (Lipinski definition) is 25. The van der Waals surface area contributed by atoms with Crippen LogP contribution in [0.15, 0.2) is 194 Å². The Hall–Kier alpha value is -16.0. The number of carbonyl (C=O) groups excluding carboxylic acids is 10. The molecular formula is C95H93ClN16O20. The highest BCUT2D eigenvalue weighted by Crippen LogP contribution is 2.38. The van der Waals surface area contributed by atoms with Crippen LogP contribution in [0.1, 0.15) is 153 Å². The molecule has 1 fully saturated rings. The summed E-state index contributed by atoms with van der Waals surface area (Å²) in [6.07, 6.45) is 4.21. The zero-order valence-electron chi connectivity index (χ0n) is 73.4. The second kappa shape index (κ2) is 41.4. The van der Waals surface area contributed by atoms with E-state index in [0.29, 0.717) is 173 Å². The van der Waals surface area contributed by atoms with Crippen molar-refractivity contribution in [2.45, 2.75) is 72.6 Å². The fraction of sp³-hybridized carbons (Fsp3) is 0.263. The van der Waals surface area contributed by atoms with Gasteiger partial charge in [0.2, 0.25) is 11.8 Å². The molecule has 0 radical (unpaired) electrons. The van der Waals surface area contributed by atoms with Gasteiger partial charge in [0.25, 0.3) is 29.3 Å². The maximum atomic E-state index is 13.8. The number of non-ortho nitro benzene ring substituents is 1. The third kappa shape index (κ3) is 19.5. The van der Waals surface area contributed by atoms with E-state index in [2.05, 4.69) is 25.7 Å². The van der Waals surface area contributed by atoms with E-state index in [1.807, 2.05) is 24.3 Å². The normalized spacial score (nSPS) is 13.7. The summed E-state index contributed by atoms with van der Waals surface area (Å²) < 4.78 is 47.5. The van der Waals surface area contributed by atoms with Crippen molar-refractivity contribution in [3.63, 3.8) is 0 Å². The number of piperidine rings is 1. The molecule has 36 nitrogen and oxygen atoms in total. The second-order valence-corrected chi connectivity index (χ2v) is 30.2. The van der Waals surface area contributed by atoms with Crippen molar-refractivity contribution >= 4 is 116 Å². The van der Waals surface area contributed by atoms with E-state index in [4.69, 9.17) is 55.2 Å². The minimum Gasteiger partial charge on any atom is -0.497 e. The summed E-state index contributed by atoms with van der Waals surface area (Å²) in [6.45, 7) is 9.92. The second-order valence-electron chi connectivity index (χ2n) is 30.0. The molecule has 680 valence electrons. The lowest BCUT2D eigenvalue weighted by molar-refractivity contribution is -0.384. The van der Waals surface area contributed by atoms with Gasteiger partial charge in [-0.25, -0.2) is 37.9 Å². The van der Waals surface area contributed by atoms with Gasteiger partial charge < -0.3 is 73.4 Å². The summed E-state index contributed by atoms with van der Waals surface area (Å²) in [5, 5.41) is 31.5. The molecule has 12 aromatic rings. The minimum absolute atomic E-state index is 0.0632. The summed E-state index contributed by atoms with van der Waals surface area (Å²) in [7, 11) is 6.28. The number of rotatable bonds is 24. The van der Waals surface area contributed by atoms with Crippen LogP contribution in [0.4, 0.5) is 45.5 Å². The van der Waals surface area contributed by atoms with E-state index in [9.17, 15) is 58.1 Å². The monoisotopic (exact) mass is 1810 g/mol.